The third-order valence-electron chi connectivity index (χ3n) is 6.35. The van der Waals surface area contributed by atoms with E-state index in [1.165, 1.54) is 22.3 Å². The lowest BCUT2D eigenvalue weighted by Gasteiger charge is -2.26. The van der Waals surface area contributed by atoms with Crippen molar-refractivity contribution >= 4 is 12.1 Å². The molecule has 2 N–H and O–H groups in total. The van der Waals surface area contributed by atoms with Crippen molar-refractivity contribution in [2.75, 3.05) is 6.61 Å². The molecule has 5 rings (SSSR count). The molecule has 156 valence electrons. The second-order valence-electron chi connectivity index (χ2n) is 8.20. The predicted molar refractivity (Wildman–Crippen MR) is 117 cm³/mol. The van der Waals surface area contributed by atoms with Gasteiger partial charge in [-0.05, 0) is 64.8 Å². The van der Waals surface area contributed by atoms with Gasteiger partial charge in [-0.1, -0.05) is 54.6 Å². The molecule has 1 amide bonds. The molecule has 2 aliphatic carbocycles. The van der Waals surface area contributed by atoms with E-state index in [1.807, 2.05) is 30.3 Å². The van der Waals surface area contributed by atoms with E-state index in [9.17, 15) is 14.7 Å². The zero-order valence-corrected chi connectivity index (χ0v) is 17.0. The van der Waals surface area contributed by atoms with Crippen LogP contribution in [0.5, 0.6) is 0 Å². The number of rotatable bonds is 4. The van der Waals surface area contributed by atoms with Gasteiger partial charge in [-0.15, -0.1) is 0 Å². The summed E-state index contributed by atoms with van der Waals surface area (Å²) >= 11 is 0. The van der Waals surface area contributed by atoms with Gasteiger partial charge in [0.15, 0.2) is 0 Å². The maximum atomic E-state index is 12.6. The second kappa shape index (κ2) is 7.91. The van der Waals surface area contributed by atoms with Gasteiger partial charge in [-0.2, -0.15) is 0 Å². The first-order valence-electron chi connectivity index (χ1n) is 10.6. The number of aromatic carboxylic acids is 1. The maximum Gasteiger partial charge on any atom is 0.407 e. The molecule has 0 aliphatic heterocycles. The maximum absolute atomic E-state index is 12.6. The van der Waals surface area contributed by atoms with Gasteiger partial charge in [-0.3, -0.25) is 0 Å². The molecule has 0 heterocycles. The van der Waals surface area contributed by atoms with Crippen LogP contribution in [0.4, 0.5) is 4.79 Å². The molecule has 0 saturated carbocycles. The molecular weight excluding hydrogens is 390 g/mol. The normalized spacial score (nSPS) is 16.7. The highest BCUT2D eigenvalue weighted by Gasteiger charge is 2.29. The van der Waals surface area contributed by atoms with Gasteiger partial charge in [0.05, 0.1) is 5.56 Å². The smallest absolute Gasteiger partial charge is 0.407 e. The Morgan fingerprint density at radius 3 is 2.29 bits per heavy atom. The summed E-state index contributed by atoms with van der Waals surface area (Å²) in [6.07, 6.45) is 1.80. The van der Waals surface area contributed by atoms with Crippen LogP contribution in [0.1, 0.15) is 45.0 Å². The average Bonchev–Trinajstić information content (AvgIpc) is 3.11. The molecule has 1 atom stereocenters. The van der Waals surface area contributed by atoms with Crippen LogP contribution in [-0.4, -0.2) is 29.8 Å². The minimum Gasteiger partial charge on any atom is -0.478 e. The molecule has 0 fully saturated rings. The summed E-state index contributed by atoms with van der Waals surface area (Å²) in [6, 6.07) is 21.7. The van der Waals surface area contributed by atoms with Crippen molar-refractivity contribution < 1.29 is 19.4 Å². The number of nitrogens with one attached hydrogen (secondary N) is 1. The fraction of sp³-hybridized carbons (Fsp3) is 0.231. The highest BCUT2D eigenvalue weighted by Crippen LogP contribution is 2.44. The Labute approximate surface area is 180 Å². The van der Waals surface area contributed by atoms with Crippen LogP contribution in [0.15, 0.2) is 66.7 Å². The van der Waals surface area contributed by atoms with Crippen LogP contribution in [0.25, 0.3) is 11.1 Å². The van der Waals surface area contributed by atoms with Crippen molar-refractivity contribution in [3.63, 3.8) is 0 Å². The van der Waals surface area contributed by atoms with Crippen LogP contribution in [-0.2, 0) is 17.6 Å². The van der Waals surface area contributed by atoms with Crippen molar-refractivity contribution in [2.24, 2.45) is 0 Å². The predicted octanol–water partition coefficient (Wildman–Crippen LogP) is 4.78. The van der Waals surface area contributed by atoms with Crippen LogP contribution in [0.2, 0.25) is 0 Å². The Morgan fingerprint density at radius 2 is 1.61 bits per heavy atom. The van der Waals surface area contributed by atoms with Crippen LogP contribution < -0.4 is 5.32 Å². The molecule has 31 heavy (non-hydrogen) atoms. The summed E-state index contributed by atoms with van der Waals surface area (Å²) in [4.78, 5) is 23.8. The lowest BCUT2D eigenvalue weighted by atomic mass is 9.87. The molecule has 1 unspecified atom stereocenters. The Kier molecular flexibility index (Phi) is 4.94. The number of carboxylic acid groups (broad SMARTS) is 1. The number of hydrogen-bond donors (Lipinski definition) is 2. The molecule has 3 aromatic carbocycles. The summed E-state index contributed by atoms with van der Waals surface area (Å²) in [5.74, 6) is -0.905. The summed E-state index contributed by atoms with van der Waals surface area (Å²) in [6.45, 7) is 0.284. The number of carboxylic acids is 1. The number of amides is 1. The van der Waals surface area contributed by atoms with Crippen molar-refractivity contribution in [3.8, 4) is 11.1 Å². The fourth-order valence-electron chi connectivity index (χ4n) is 4.82. The van der Waals surface area contributed by atoms with Crippen molar-refractivity contribution in [3.05, 3.63) is 94.5 Å². The van der Waals surface area contributed by atoms with E-state index < -0.39 is 12.1 Å². The first-order valence-corrected chi connectivity index (χ1v) is 10.6. The molecular formula is C26H23NO4. The van der Waals surface area contributed by atoms with E-state index in [2.05, 4.69) is 29.6 Å². The first kappa shape index (κ1) is 19.4. The van der Waals surface area contributed by atoms with Crippen molar-refractivity contribution in [1.82, 2.24) is 5.32 Å². The number of aryl methyl sites for hydroxylation is 1. The van der Waals surface area contributed by atoms with Gasteiger partial charge in [0.25, 0.3) is 0 Å². The van der Waals surface area contributed by atoms with E-state index in [-0.39, 0.29) is 24.1 Å². The molecule has 2 aliphatic rings. The SMILES string of the molecule is O=C(NC1CCc2ccc(C(=O)O)cc2C1)OCC1c2ccccc2-c2ccccc21. The number of ether oxygens (including phenoxy) is 1. The van der Waals surface area contributed by atoms with Crippen LogP contribution in [0.3, 0.4) is 0 Å². The molecule has 0 spiro atoms. The Bertz CT molecular complexity index is 1120. The van der Waals surface area contributed by atoms with Crippen molar-refractivity contribution in [2.45, 2.75) is 31.2 Å². The number of alkyl carbamates (subject to hydrolysis) is 1. The largest absolute Gasteiger partial charge is 0.478 e. The number of carbonyl (C=O) groups excluding carboxylic acids is 1. The van der Waals surface area contributed by atoms with E-state index in [4.69, 9.17) is 4.74 Å². The van der Waals surface area contributed by atoms with Gasteiger partial charge >= 0.3 is 12.1 Å². The summed E-state index contributed by atoms with van der Waals surface area (Å²) in [5.41, 5.74) is 7.18. The molecule has 5 nitrogen and oxygen atoms in total. The summed E-state index contributed by atoms with van der Waals surface area (Å²) in [5, 5.41) is 12.2. The molecule has 0 bridgehead atoms. The highest BCUT2D eigenvalue weighted by atomic mass is 16.5. The summed E-state index contributed by atoms with van der Waals surface area (Å²) in [7, 11) is 0. The Morgan fingerprint density at radius 1 is 0.935 bits per heavy atom. The van der Waals surface area contributed by atoms with Crippen molar-refractivity contribution in [1.29, 1.82) is 0 Å². The quantitative estimate of drug-likeness (QED) is 0.645. The van der Waals surface area contributed by atoms with Crippen LogP contribution in [0, 0.1) is 0 Å². The van der Waals surface area contributed by atoms with Crippen LogP contribution >= 0.6 is 0 Å². The molecule has 0 aromatic heterocycles. The number of benzene rings is 3. The van der Waals surface area contributed by atoms with E-state index in [0.717, 1.165) is 24.0 Å². The minimum atomic E-state index is -0.936. The Balaban J connectivity index is 1.24. The molecule has 0 saturated heterocycles. The topological polar surface area (TPSA) is 75.6 Å². The van der Waals surface area contributed by atoms with E-state index in [1.54, 1.807) is 12.1 Å². The zero-order chi connectivity index (χ0) is 21.4. The first-order chi connectivity index (χ1) is 15.1. The standard InChI is InChI=1S/C26H23NO4/c28-25(29)17-10-9-16-11-12-19(14-18(16)13-17)27-26(30)31-15-24-22-7-3-1-5-20(22)21-6-2-4-8-23(21)24/h1-10,13,19,24H,11-12,14-15H2,(H,27,30)(H,28,29). The second-order valence-corrected chi connectivity index (χ2v) is 8.20. The van der Waals surface area contributed by atoms with Gasteiger partial charge < -0.3 is 15.2 Å². The molecule has 5 heteroatoms. The molecule has 0 radical (unpaired) electrons. The highest BCUT2D eigenvalue weighted by molar-refractivity contribution is 5.88. The van der Waals surface area contributed by atoms with Gasteiger partial charge in [0, 0.05) is 12.0 Å². The number of fused-ring (bicyclic) bond motifs is 4. The Hall–Kier alpha value is -3.60. The third kappa shape index (κ3) is 3.67. The zero-order valence-electron chi connectivity index (χ0n) is 17.0. The van der Waals surface area contributed by atoms with E-state index >= 15 is 0 Å². The molecule has 3 aromatic rings. The summed E-state index contributed by atoms with van der Waals surface area (Å²) < 4.78 is 5.65. The van der Waals surface area contributed by atoms with E-state index in [0.29, 0.717) is 6.42 Å². The monoisotopic (exact) mass is 413 g/mol. The van der Waals surface area contributed by atoms with Gasteiger partial charge in [0.2, 0.25) is 0 Å². The average molecular weight is 413 g/mol. The minimum absolute atomic E-state index is 0.0309. The lowest BCUT2D eigenvalue weighted by Crippen LogP contribution is -2.39. The third-order valence-corrected chi connectivity index (χ3v) is 6.35. The lowest BCUT2D eigenvalue weighted by molar-refractivity contribution is 0.0696. The van der Waals surface area contributed by atoms with Gasteiger partial charge in [0.1, 0.15) is 6.61 Å². The fourth-order valence-corrected chi connectivity index (χ4v) is 4.82. The number of hydrogen-bond acceptors (Lipinski definition) is 3. The number of carbonyl (C=O) groups is 2. The van der Waals surface area contributed by atoms with Gasteiger partial charge in [-0.25, -0.2) is 9.59 Å².